The first-order valence-corrected chi connectivity index (χ1v) is 6.54. The monoisotopic (exact) mass is 253 g/mol. The van der Waals surface area contributed by atoms with E-state index >= 15 is 0 Å². The quantitative estimate of drug-likeness (QED) is 0.647. The fourth-order valence-corrected chi connectivity index (χ4v) is 1.80. The first-order chi connectivity index (χ1) is 8.79. The molecule has 1 fully saturated rings. The van der Waals surface area contributed by atoms with Crippen LogP contribution in [0.4, 0.5) is 5.82 Å². The van der Waals surface area contributed by atoms with E-state index in [0.717, 1.165) is 25.9 Å². The highest BCUT2D eigenvalue weighted by atomic mass is 16.2. The zero-order valence-corrected chi connectivity index (χ0v) is 11.3. The molecule has 0 spiro atoms. The third-order valence-corrected chi connectivity index (χ3v) is 2.75. The molecule has 0 aliphatic carbocycles. The normalized spacial score (nSPS) is 15.5. The van der Waals surface area contributed by atoms with Gasteiger partial charge in [0, 0.05) is 19.2 Å². The fourth-order valence-electron chi connectivity index (χ4n) is 1.80. The van der Waals surface area contributed by atoms with Gasteiger partial charge in [-0.3, -0.25) is 9.89 Å². The van der Waals surface area contributed by atoms with Crippen LogP contribution in [0.15, 0.2) is 6.07 Å². The molecular formula is C12H23N5O. The van der Waals surface area contributed by atoms with Crippen LogP contribution in [0.1, 0.15) is 37.2 Å². The molecule has 1 aromatic rings. The van der Waals surface area contributed by atoms with Crippen LogP contribution in [-0.4, -0.2) is 42.3 Å². The number of nitrogens with one attached hydrogen (secondary N) is 4. The van der Waals surface area contributed by atoms with Gasteiger partial charge < -0.3 is 16.0 Å². The van der Waals surface area contributed by atoms with Gasteiger partial charge in [-0.2, -0.15) is 5.10 Å². The van der Waals surface area contributed by atoms with Gasteiger partial charge in [-0.15, -0.1) is 0 Å². The third-order valence-electron chi connectivity index (χ3n) is 2.75. The SMILES string of the molecule is CC.CNc1cc(C(=O)NC2CCNCC2)[nH]n1. The van der Waals surface area contributed by atoms with E-state index in [2.05, 4.69) is 26.1 Å². The molecule has 6 nitrogen and oxygen atoms in total. The Hall–Kier alpha value is -1.56. The van der Waals surface area contributed by atoms with Crippen molar-refractivity contribution in [2.24, 2.45) is 0 Å². The number of anilines is 1. The minimum absolute atomic E-state index is 0.0825. The molecule has 102 valence electrons. The lowest BCUT2D eigenvalue weighted by Crippen LogP contribution is -2.42. The molecule has 1 aliphatic rings. The number of carbonyl (C=O) groups excluding carboxylic acids is 1. The average Bonchev–Trinajstić information content (AvgIpc) is 2.91. The second kappa shape index (κ2) is 7.71. The molecular weight excluding hydrogens is 230 g/mol. The van der Waals surface area contributed by atoms with Crippen LogP contribution in [0.5, 0.6) is 0 Å². The van der Waals surface area contributed by atoms with E-state index in [1.807, 2.05) is 13.8 Å². The van der Waals surface area contributed by atoms with Crippen molar-refractivity contribution < 1.29 is 4.79 Å². The maximum atomic E-state index is 11.8. The largest absolute Gasteiger partial charge is 0.372 e. The lowest BCUT2D eigenvalue weighted by molar-refractivity contribution is 0.0924. The molecule has 1 amide bonds. The first-order valence-electron chi connectivity index (χ1n) is 6.54. The molecule has 18 heavy (non-hydrogen) atoms. The Balaban J connectivity index is 0.000000771. The summed E-state index contributed by atoms with van der Waals surface area (Å²) >= 11 is 0. The molecule has 2 heterocycles. The lowest BCUT2D eigenvalue weighted by Gasteiger charge is -2.23. The maximum absolute atomic E-state index is 11.8. The van der Waals surface area contributed by atoms with E-state index in [1.54, 1.807) is 13.1 Å². The molecule has 1 aromatic heterocycles. The number of hydrogen-bond donors (Lipinski definition) is 4. The van der Waals surface area contributed by atoms with Crippen molar-refractivity contribution in [3.8, 4) is 0 Å². The summed E-state index contributed by atoms with van der Waals surface area (Å²) in [6.07, 6.45) is 1.97. The van der Waals surface area contributed by atoms with Crippen molar-refractivity contribution in [2.75, 3.05) is 25.5 Å². The summed E-state index contributed by atoms with van der Waals surface area (Å²) in [5.41, 5.74) is 0.503. The summed E-state index contributed by atoms with van der Waals surface area (Å²) in [6, 6.07) is 1.98. The van der Waals surface area contributed by atoms with Crippen LogP contribution in [0.25, 0.3) is 0 Å². The summed E-state index contributed by atoms with van der Waals surface area (Å²) in [4.78, 5) is 11.8. The smallest absolute Gasteiger partial charge is 0.269 e. The number of H-pyrrole nitrogens is 1. The van der Waals surface area contributed by atoms with Crippen LogP contribution in [-0.2, 0) is 0 Å². The predicted octanol–water partition coefficient (Wildman–Crippen LogP) is 0.959. The Morgan fingerprint density at radius 1 is 1.39 bits per heavy atom. The van der Waals surface area contributed by atoms with Gasteiger partial charge in [0.25, 0.3) is 5.91 Å². The maximum Gasteiger partial charge on any atom is 0.269 e. The average molecular weight is 253 g/mol. The van der Waals surface area contributed by atoms with Gasteiger partial charge in [-0.25, -0.2) is 0 Å². The molecule has 4 N–H and O–H groups in total. The van der Waals surface area contributed by atoms with Crippen molar-refractivity contribution in [1.82, 2.24) is 20.8 Å². The lowest BCUT2D eigenvalue weighted by atomic mass is 10.1. The summed E-state index contributed by atoms with van der Waals surface area (Å²) in [6.45, 7) is 5.94. The molecule has 2 rings (SSSR count). The van der Waals surface area contributed by atoms with Crippen molar-refractivity contribution in [3.63, 3.8) is 0 Å². The Kier molecular flexibility index (Phi) is 6.21. The van der Waals surface area contributed by atoms with Gasteiger partial charge in [0.15, 0.2) is 0 Å². The number of hydrogen-bond acceptors (Lipinski definition) is 4. The summed E-state index contributed by atoms with van der Waals surface area (Å²) < 4.78 is 0. The Morgan fingerprint density at radius 2 is 2.06 bits per heavy atom. The Morgan fingerprint density at radius 3 is 2.61 bits per heavy atom. The minimum atomic E-state index is -0.0825. The number of nitrogens with zero attached hydrogens (tertiary/aromatic N) is 1. The van der Waals surface area contributed by atoms with Crippen molar-refractivity contribution in [1.29, 1.82) is 0 Å². The highest BCUT2D eigenvalue weighted by molar-refractivity contribution is 5.93. The van der Waals surface area contributed by atoms with Crippen molar-refractivity contribution in [2.45, 2.75) is 32.7 Å². The van der Waals surface area contributed by atoms with Crippen LogP contribution in [0.2, 0.25) is 0 Å². The van der Waals surface area contributed by atoms with Crippen LogP contribution in [0.3, 0.4) is 0 Å². The number of carbonyl (C=O) groups is 1. The van der Waals surface area contributed by atoms with Gasteiger partial charge in [0.05, 0.1) is 0 Å². The molecule has 0 aromatic carbocycles. The van der Waals surface area contributed by atoms with Crippen LogP contribution >= 0.6 is 0 Å². The van der Waals surface area contributed by atoms with Crippen LogP contribution in [0, 0.1) is 0 Å². The number of piperidine rings is 1. The molecule has 0 saturated carbocycles. The molecule has 1 saturated heterocycles. The first kappa shape index (κ1) is 14.5. The highest BCUT2D eigenvalue weighted by Crippen LogP contribution is 2.06. The fraction of sp³-hybridized carbons (Fsp3) is 0.667. The van der Waals surface area contributed by atoms with E-state index < -0.39 is 0 Å². The molecule has 0 radical (unpaired) electrons. The van der Waals surface area contributed by atoms with E-state index in [-0.39, 0.29) is 11.9 Å². The van der Waals surface area contributed by atoms with Gasteiger partial charge in [-0.1, -0.05) is 13.8 Å². The number of rotatable bonds is 3. The summed E-state index contributed by atoms with van der Waals surface area (Å²) in [5, 5.41) is 15.8. The van der Waals surface area contributed by atoms with Gasteiger partial charge >= 0.3 is 0 Å². The number of aromatic amines is 1. The van der Waals surface area contributed by atoms with E-state index in [1.165, 1.54) is 0 Å². The van der Waals surface area contributed by atoms with E-state index in [0.29, 0.717) is 11.5 Å². The molecule has 0 bridgehead atoms. The molecule has 1 aliphatic heterocycles. The van der Waals surface area contributed by atoms with Crippen LogP contribution < -0.4 is 16.0 Å². The van der Waals surface area contributed by atoms with Crippen molar-refractivity contribution in [3.05, 3.63) is 11.8 Å². The molecule has 0 unspecified atom stereocenters. The molecule has 0 atom stereocenters. The van der Waals surface area contributed by atoms with E-state index in [4.69, 9.17) is 0 Å². The second-order valence-corrected chi connectivity index (χ2v) is 3.91. The Bertz CT molecular complexity index is 357. The summed E-state index contributed by atoms with van der Waals surface area (Å²) in [5.74, 6) is 0.594. The topological polar surface area (TPSA) is 81.8 Å². The number of amides is 1. The molecule has 6 heteroatoms. The highest BCUT2D eigenvalue weighted by Gasteiger charge is 2.17. The van der Waals surface area contributed by atoms with Gasteiger partial charge in [0.2, 0.25) is 0 Å². The predicted molar refractivity (Wildman–Crippen MR) is 72.8 cm³/mol. The second-order valence-electron chi connectivity index (χ2n) is 3.91. The minimum Gasteiger partial charge on any atom is -0.372 e. The Labute approximate surface area is 108 Å². The summed E-state index contributed by atoms with van der Waals surface area (Å²) in [7, 11) is 1.77. The van der Waals surface area contributed by atoms with E-state index in [9.17, 15) is 4.79 Å². The zero-order valence-electron chi connectivity index (χ0n) is 11.3. The van der Waals surface area contributed by atoms with Gasteiger partial charge in [0.1, 0.15) is 11.5 Å². The zero-order chi connectivity index (χ0) is 13.4. The van der Waals surface area contributed by atoms with Crippen molar-refractivity contribution >= 4 is 11.7 Å². The number of aromatic nitrogens is 2. The third kappa shape index (κ3) is 4.03. The van der Waals surface area contributed by atoms with Gasteiger partial charge in [-0.05, 0) is 25.9 Å². The standard InChI is InChI=1S/C10H17N5O.C2H6/c1-11-9-6-8(14-15-9)10(16)13-7-2-4-12-5-3-7;1-2/h6-7,12H,2-5H2,1H3,(H,13,16)(H2,11,14,15);1-2H3.